The summed E-state index contributed by atoms with van der Waals surface area (Å²) in [5, 5.41) is 12.2. The number of amides is 1. The Kier molecular flexibility index (Phi) is 2.86. The van der Waals surface area contributed by atoms with Crippen LogP contribution in [0.5, 0.6) is 0 Å². The number of nitrogens with one attached hydrogen (secondary N) is 1. The van der Waals surface area contributed by atoms with Crippen LogP contribution in [-0.2, 0) is 9.59 Å². The van der Waals surface area contributed by atoms with Crippen molar-refractivity contribution in [1.82, 2.24) is 10.2 Å². The molecule has 1 aliphatic heterocycles. The van der Waals surface area contributed by atoms with Gasteiger partial charge in [-0.2, -0.15) is 0 Å². The Balaban J connectivity index is 1.74. The molecule has 3 aliphatic rings. The lowest BCUT2D eigenvalue weighted by Crippen LogP contribution is -2.58. The van der Waals surface area contributed by atoms with Gasteiger partial charge in [-0.15, -0.1) is 0 Å². The molecule has 4 unspecified atom stereocenters. The van der Waals surface area contributed by atoms with Crippen LogP contribution >= 0.6 is 0 Å². The monoisotopic (exact) mass is 250 g/mol. The minimum atomic E-state index is -0.908. The van der Waals surface area contributed by atoms with Gasteiger partial charge in [0.05, 0.1) is 0 Å². The normalized spacial score (nSPS) is 38.1. The molecule has 98 valence electrons. The highest BCUT2D eigenvalue weighted by Gasteiger charge is 2.44. The first-order valence-corrected chi connectivity index (χ1v) is 6.59. The summed E-state index contributed by atoms with van der Waals surface area (Å²) in [7, 11) is 0. The quantitative estimate of drug-likeness (QED) is 0.681. The van der Waals surface area contributed by atoms with E-state index in [1.807, 2.05) is 0 Å². The number of nitrogens with zero attached hydrogens (tertiary/aromatic N) is 1. The highest BCUT2D eigenvalue weighted by molar-refractivity contribution is 5.86. The van der Waals surface area contributed by atoms with E-state index in [0.717, 1.165) is 12.8 Å². The number of hydrogen-bond acceptors (Lipinski definition) is 3. The Hall–Kier alpha value is -1.36. The van der Waals surface area contributed by atoms with Gasteiger partial charge in [0.25, 0.3) is 0 Å². The van der Waals surface area contributed by atoms with Gasteiger partial charge in [0.15, 0.2) is 0 Å². The molecule has 5 heteroatoms. The van der Waals surface area contributed by atoms with Crippen LogP contribution in [0.1, 0.15) is 12.8 Å². The summed E-state index contributed by atoms with van der Waals surface area (Å²) in [6.45, 7) is 1.55. The third-order valence-corrected chi connectivity index (χ3v) is 4.41. The van der Waals surface area contributed by atoms with E-state index in [0.29, 0.717) is 31.5 Å². The molecule has 1 amide bonds. The summed E-state index contributed by atoms with van der Waals surface area (Å²) in [5.41, 5.74) is 0. The summed E-state index contributed by atoms with van der Waals surface area (Å²) < 4.78 is 0. The van der Waals surface area contributed by atoms with Crippen LogP contribution in [0.2, 0.25) is 0 Å². The maximum atomic E-state index is 12.5. The number of piperazine rings is 1. The Morgan fingerprint density at radius 3 is 2.72 bits per heavy atom. The minimum Gasteiger partial charge on any atom is -0.480 e. The van der Waals surface area contributed by atoms with Crippen molar-refractivity contribution in [3.63, 3.8) is 0 Å². The molecule has 0 spiro atoms. The standard InChI is InChI=1S/C13H18N2O3/c16-12(10-6-8-1-2-9(10)5-8)15-4-3-14-7-11(15)13(17)18/h1-2,8-11,14H,3-7H2,(H,17,18). The number of hydrogen-bond donors (Lipinski definition) is 2. The SMILES string of the molecule is O=C(O)C1CNCCN1C(=O)C1CC2C=CC1C2. The van der Waals surface area contributed by atoms with Gasteiger partial charge in [-0.05, 0) is 24.7 Å². The van der Waals surface area contributed by atoms with E-state index >= 15 is 0 Å². The van der Waals surface area contributed by atoms with E-state index < -0.39 is 12.0 Å². The Labute approximate surface area is 106 Å². The lowest BCUT2D eigenvalue weighted by atomic mass is 9.91. The molecule has 2 N–H and O–H groups in total. The lowest BCUT2D eigenvalue weighted by Gasteiger charge is -2.36. The molecule has 2 fully saturated rings. The summed E-state index contributed by atoms with van der Waals surface area (Å²) >= 11 is 0. The van der Waals surface area contributed by atoms with E-state index in [2.05, 4.69) is 17.5 Å². The fourth-order valence-corrected chi connectivity index (χ4v) is 3.47. The molecule has 2 bridgehead atoms. The predicted molar refractivity (Wildman–Crippen MR) is 64.9 cm³/mol. The van der Waals surface area contributed by atoms with Crippen molar-refractivity contribution in [2.45, 2.75) is 18.9 Å². The molecule has 1 saturated carbocycles. The second-order valence-corrected chi connectivity index (χ2v) is 5.48. The van der Waals surface area contributed by atoms with Crippen molar-refractivity contribution < 1.29 is 14.7 Å². The molecular formula is C13H18N2O3. The Morgan fingerprint density at radius 1 is 1.28 bits per heavy atom. The first-order valence-electron chi connectivity index (χ1n) is 6.59. The van der Waals surface area contributed by atoms with E-state index in [9.17, 15) is 14.7 Å². The van der Waals surface area contributed by atoms with Crippen LogP contribution in [0.25, 0.3) is 0 Å². The van der Waals surface area contributed by atoms with Crippen LogP contribution in [-0.4, -0.2) is 47.6 Å². The maximum Gasteiger partial charge on any atom is 0.327 e. The molecule has 5 nitrogen and oxygen atoms in total. The number of allylic oxidation sites excluding steroid dienone is 2. The van der Waals surface area contributed by atoms with E-state index in [1.54, 1.807) is 4.90 Å². The molecule has 1 saturated heterocycles. The largest absolute Gasteiger partial charge is 0.480 e. The summed E-state index contributed by atoms with van der Waals surface area (Å²) in [5.74, 6) is 0.0249. The third kappa shape index (κ3) is 1.82. The Bertz CT molecular complexity index is 407. The van der Waals surface area contributed by atoms with Gasteiger partial charge >= 0.3 is 5.97 Å². The smallest absolute Gasteiger partial charge is 0.327 e. The average molecular weight is 250 g/mol. The number of carbonyl (C=O) groups excluding carboxylic acids is 1. The fourth-order valence-electron chi connectivity index (χ4n) is 3.47. The van der Waals surface area contributed by atoms with Gasteiger partial charge in [0.1, 0.15) is 6.04 Å². The van der Waals surface area contributed by atoms with E-state index in [1.165, 1.54) is 0 Å². The van der Waals surface area contributed by atoms with Crippen molar-refractivity contribution >= 4 is 11.9 Å². The molecule has 18 heavy (non-hydrogen) atoms. The average Bonchev–Trinajstić information content (AvgIpc) is 3.00. The van der Waals surface area contributed by atoms with Crippen molar-refractivity contribution in [1.29, 1.82) is 0 Å². The lowest BCUT2D eigenvalue weighted by molar-refractivity contribution is -0.153. The van der Waals surface area contributed by atoms with Gasteiger partial charge in [-0.3, -0.25) is 4.79 Å². The fraction of sp³-hybridized carbons (Fsp3) is 0.692. The van der Waals surface area contributed by atoms with Gasteiger partial charge in [-0.25, -0.2) is 4.79 Å². The number of rotatable bonds is 2. The van der Waals surface area contributed by atoms with Gasteiger partial charge in [-0.1, -0.05) is 12.2 Å². The van der Waals surface area contributed by atoms with E-state index in [4.69, 9.17) is 0 Å². The topological polar surface area (TPSA) is 69.6 Å². The molecule has 2 aliphatic carbocycles. The van der Waals surface area contributed by atoms with Crippen LogP contribution in [0.15, 0.2) is 12.2 Å². The van der Waals surface area contributed by atoms with Crippen molar-refractivity contribution in [3.8, 4) is 0 Å². The first kappa shape index (κ1) is 11.7. The van der Waals surface area contributed by atoms with Crippen molar-refractivity contribution in [3.05, 3.63) is 12.2 Å². The minimum absolute atomic E-state index is 0.0138. The zero-order valence-electron chi connectivity index (χ0n) is 10.2. The van der Waals surface area contributed by atoms with Gasteiger partial charge in [0, 0.05) is 25.6 Å². The van der Waals surface area contributed by atoms with Crippen LogP contribution < -0.4 is 5.32 Å². The molecule has 3 rings (SSSR count). The highest BCUT2D eigenvalue weighted by Crippen LogP contribution is 2.44. The summed E-state index contributed by atoms with van der Waals surface area (Å²) in [6.07, 6.45) is 6.30. The number of carboxylic acid groups (broad SMARTS) is 1. The molecule has 0 aromatic rings. The number of carbonyl (C=O) groups is 2. The van der Waals surface area contributed by atoms with E-state index in [-0.39, 0.29) is 11.8 Å². The predicted octanol–water partition coefficient (Wildman–Crippen LogP) is 0.0836. The highest BCUT2D eigenvalue weighted by atomic mass is 16.4. The Morgan fingerprint density at radius 2 is 2.11 bits per heavy atom. The number of fused-ring (bicyclic) bond motifs is 2. The van der Waals surface area contributed by atoms with Crippen LogP contribution in [0, 0.1) is 17.8 Å². The van der Waals surface area contributed by atoms with Crippen LogP contribution in [0.3, 0.4) is 0 Å². The van der Waals surface area contributed by atoms with Crippen molar-refractivity contribution in [2.75, 3.05) is 19.6 Å². The summed E-state index contributed by atoms with van der Waals surface area (Å²) in [4.78, 5) is 25.3. The van der Waals surface area contributed by atoms with Gasteiger partial charge in [0.2, 0.25) is 5.91 Å². The second-order valence-electron chi connectivity index (χ2n) is 5.48. The number of carboxylic acids is 1. The van der Waals surface area contributed by atoms with Crippen LogP contribution in [0.4, 0.5) is 0 Å². The summed E-state index contributed by atoms with van der Waals surface area (Å²) in [6, 6.07) is -0.700. The zero-order valence-corrected chi connectivity index (χ0v) is 10.2. The van der Waals surface area contributed by atoms with Gasteiger partial charge < -0.3 is 15.3 Å². The molecular weight excluding hydrogens is 232 g/mol. The molecule has 0 aromatic heterocycles. The molecule has 4 atom stereocenters. The second kappa shape index (κ2) is 4.39. The molecule has 0 aromatic carbocycles. The molecule has 1 heterocycles. The third-order valence-electron chi connectivity index (χ3n) is 4.41. The first-order chi connectivity index (χ1) is 8.66. The van der Waals surface area contributed by atoms with Crippen molar-refractivity contribution in [2.24, 2.45) is 17.8 Å². The maximum absolute atomic E-state index is 12.5. The number of aliphatic carboxylic acids is 1. The molecule has 0 radical (unpaired) electrons. The zero-order chi connectivity index (χ0) is 12.7.